The molecule has 1 aliphatic rings. The quantitative estimate of drug-likeness (QED) is 0.683. The maximum absolute atomic E-state index is 5.68. The van der Waals surface area contributed by atoms with Crippen molar-refractivity contribution in [2.24, 2.45) is 0 Å². The summed E-state index contributed by atoms with van der Waals surface area (Å²) in [5.41, 5.74) is 3.38. The summed E-state index contributed by atoms with van der Waals surface area (Å²) >= 11 is 0. The summed E-state index contributed by atoms with van der Waals surface area (Å²) in [6, 6.07) is 14.6. The molecule has 4 rings (SSSR count). The van der Waals surface area contributed by atoms with Gasteiger partial charge in [0.25, 0.3) is 0 Å². The third kappa shape index (κ3) is 3.68. The van der Waals surface area contributed by atoms with E-state index in [1.807, 2.05) is 24.4 Å². The van der Waals surface area contributed by atoms with Crippen LogP contribution in [0, 0.1) is 0 Å². The van der Waals surface area contributed by atoms with Gasteiger partial charge in [0, 0.05) is 18.3 Å². The van der Waals surface area contributed by atoms with Crippen LogP contribution in [0.15, 0.2) is 53.2 Å². The molecule has 0 radical (unpaired) electrons. The maximum Gasteiger partial charge on any atom is 0.244 e. The van der Waals surface area contributed by atoms with Gasteiger partial charge in [0.1, 0.15) is 0 Å². The van der Waals surface area contributed by atoms with Gasteiger partial charge >= 0.3 is 0 Å². The lowest BCUT2D eigenvalue weighted by molar-refractivity contribution is 0.110. The molecule has 0 bridgehead atoms. The van der Waals surface area contributed by atoms with Gasteiger partial charge in [-0.05, 0) is 49.6 Å². The van der Waals surface area contributed by atoms with Crippen LogP contribution in [-0.4, -0.2) is 26.6 Å². The fraction of sp³-hybridized carbons (Fsp3) is 0.381. The molecule has 134 valence electrons. The molecule has 26 heavy (non-hydrogen) atoms. The number of benzene rings is 1. The van der Waals surface area contributed by atoms with Crippen molar-refractivity contribution < 1.29 is 4.52 Å². The van der Waals surface area contributed by atoms with E-state index < -0.39 is 0 Å². The average molecular weight is 348 g/mol. The molecule has 5 heteroatoms. The van der Waals surface area contributed by atoms with Crippen LogP contribution in [0.1, 0.15) is 49.4 Å². The van der Waals surface area contributed by atoms with Crippen molar-refractivity contribution in [2.75, 3.05) is 6.54 Å². The SMILES string of the molecule is CCc1cccc(-c2noc(C3CCCCN3Cc3ccccn3)n2)c1. The monoisotopic (exact) mass is 348 g/mol. The van der Waals surface area contributed by atoms with Crippen LogP contribution in [0.4, 0.5) is 0 Å². The molecule has 5 nitrogen and oxygen atoms in total. The van der Waals surface area contributed by atoms with E-state index in [0.29, 0.717) is 5.82 Å². The van der Waals surface area contributed by atoms with Gasteiger partial charge in [-0.3, -0.25) is 9.88 Å². The molecular weight excluding hydrogens is 324 g/mol. The molecule has 0 spiro atoms. The van der Waals surface area contributed by atoms with E-state index in [0.717, 1.165) is 43.1 Å². The summed E-state index contributed by atoms with van der Waals surface area (Å²) in [6.45, 7) is 4.00. The molecule has 0 amide bonds. The van der Waals surface area contributed by atoms with Crippen LogP contribution < -0.4 is 0 Å². The van der Waals surface area contributed by atoms with Gasteiger partial charge in [0.2, 0.25) is 11.7 Å². The van der Waals surface area contributed by atoms with Crippen molar-refractivity contribution >= 4 is 0 Å². The smallest absolute Gasteiger partial charge is 0.244 e. The van der Waals surface area contributed by atoms with Gasteiger partial charge in [-0.2, -0.15) is 4.98 Å². The summed E-state index contributed by atoms with van der Waals surface area (Å²) < 4.78 is 5.68. The minimum atomic E-state index is 0.168. The Bertz CT molecular complexity index is 846. The Kier molecular flexibility index (Phi) is 5.07. The van der Waals surface area contributed by atoms with Crippen molar-refractivity contribution in [3.8, 4) is 11.4 Å². The molecule has 2 aromatic heterocycles. The molecule has 1 saturated heterocycles. The van der Waals surface area contributed by atoms with Gasteiger partial charge in [-0.15, -0.1) is 0 Å². The Balaban J connectivity index is 1.56. The Hall–Kier alpha value is -2.53. The van der Waals surface area contributed by atoms with E-state index in [1.165, 1.54) is 18.4 Å². The van der Waals surface area contributed by atoms with Crippen LogP contribution in [0.3, 0.4) is 0 Å². The molecule has 3 heterocycles. The van der Waals surface area contributed by atoms with E-state index in [-0.39, 0.29) is 6.04 Å². The van der Waals surface area contributed by atoms with Gasteiger partial charge in [-0.25, -0.2) is 0 Å². The zero-order valence-corrected chi connectivity index (χ0v) is 15.1. The van der Waals surface area contributed by atoms with Crippen LogP contribution in [0.5, 0.6) is 0 Å². The number of hydrogen-bond acceptors (Lipinski definition) is 5. The van der Waals surface area contributed by atoms with Crippen molar-refractivity contribution in [1.82, 2.24) is 20.0 Å². The molecule has 1 unspecified atom stereocenters. The standard InChI is InChI=1S/C21H24N4O/c1-2-16-8-7-9-17(14-16)20-23-21(26-24-20)19-11-4-6-13-25(19)15-18-10-3-5-12-22-18/h3,5,7-10,12,14,19H,2,4,6,11,13,15H2,1H3. The van der Waals surface area contributed by atoms with E-state index in [2.05, 4.69) is 46.2 Å². The fourth-order valence-corrected chi connectivity index (χ4v) is 3.58. The predicted molar refractivity (Wildman–Crippen MR) is 100 cm³/mol. The first-order chi connectivity index (χ1) is 12.8. The number of rotatable bonds is 5. The molecule has 1 atom stereocenters. The first kappa shape index (κ1) is 16.9. The second-order valence-corrected chi connectivity index (χ2v) is 6.81. The van der Waals surface area contributed by atoms with E-state index >= 15 is 0 Å². The van der Waals surface area contributed by atoms with Crippen LogP contribution in [0.2, 0.25) is 0 Å². The second-order valence-electron chi connectivity index (χ2n) is 6.81. The highest BCUT2D eigenvalue weighted by Crippen LogP contribution is 2.32. The Morgan fingerprint density at radius 2 is 2.12 bits per heavy atom. The van der Waals surface area contributed by atoms with Gasteiger partial charge in [-0.1, -0.05) is 42.8 Å². The van der Waals surface area contributed by atoms with E-state index in [4.69, 9.17) is 9.51 Å². The molecule has 1 fully saturated rings. The second kappa shape index (κ2) is 7.79. The molecule has 3 aromatic rings. The minimum absolute atomic E-state index is 0.168. The molecule has 0 N–H and O–H groups in total. The number of aryl methyl sites for hydroxylation is 1. The third-order valence-corrected chi connectivity index (χ3v) is 5.03. The predicted octanol–water partition coefficient (Wildman–Crippen LogP) is 4.42. The minimum Gasteiger partial charge on any atom is -0.337 e. The summed E-state index contributed by atoms with van der Waals surface area (Å²) in [6.07, 6.45) is 6.28. The van der Waals surface area contributed by atoms with Crippen LogP contribution >= 0.6 is 0 Å². The summed E-state index contributed by atoms with van der Waals surface area (Å²) in [4.78, 5) is 11.6. The molecule has 1 aliphatic heterocycles. The Morgan fingerprint density at radius 1 is 1.15 bits per heavy atom. The summed E-state index contributed by atoms with van der Waals surface area (Å²) in [5.74, 6) is 1.40. The molecular formula is C21H24N4O. The van der Waals surface area contributed by atoms with Crippen molar-refractivity contribution in [3.05, 3.63) is 65.8 Å². The van der Waals surface area contributed by atoms with Gasteiger partial charge < -0.3 is 4.52 Å². The molecule has 0 aliphatic carbocycles. The summed E-state index contributed by atoms with van der Waals surface area (Å²) in [5, 5.41) is 4.25. The highest BCUT2D eigenvalue weighted by Gasteiger charge is 2.29. The van der Waals surface area contributed by atoms with Crippen LogP contribution in [0.25, 0.3) is 11.4 Å². The average Bonchev–Trinajstić information content (AvgIpc) is 3.19. The zero-order chi connectivity index (χ0) is 17.8. The number of nitrogens with zero attached hydrogens (tertiary/aromatic N) is 4. The highest BCUT2D eigenvalue weighted by molar-refractivity contribution is 5.55. The number of piperidine rings is 1. The van der Waals surface area contributed by atoms with Crippen molar-refractivity contribution in [2.45, 2.75) is 45.2 Å². The normalized spacial score (nSPS) is 18.1. The molecule has 1 aromatic carbocycles. The third-order valence-electron chi connectivity index (χ3n) is 5.03. The van der Waals surface area contributed by atoms with Crippen LogP contribution in [-0.2, 0) is 13.0 Å². The molecule has 0 saturated carbocycles. The van der Waals surface area contributed by atoms with Crippen molar-refractivity contribution in [1.29, 1.82) is 0 Å². The summed E-state index contributed by atoms with van der Waals surface area (Å²) in [7, 11) is 0. The lowest BCUT2D eigenvalue weighted by atomic mass is 10.0. The maximum atomic E-state index is 5.68. The largest absolute Gasteiger partial charge is 0.337 e. The fourth-order valence-electron chi connectivity index (χ4n) is 3.58. The van der Waals surface area contributed by atoms with Gasteiger partial charge in [0.15, 0.2) is 0 Å². The number of likely N-dealkylation sites (tertiary alicyclic amines) is 1. The van der Waals surface area contributed by atoms with Crippen molar-refractivity contribution in [3.63, 3.8) is 0 Å². The number of hydrogen-bond donors (Lipinski definition) is 0. The highest BCUT2D eigenvalue weighted by atomic mass is 16.5. The lowest BCUT2D eigenvalue weighted by Gasteiger charge is -2.32. The lowest BCUT2D eigenvalue weighted by Crippen LogP contribution is -2.33. The Labute approximate surface area is 154 Å². The van der Waals surface area contributed by atoms with E-state index in [9.17, 15) is 0 Å². The zero-order valence-electron chi connectivity index (χ0n) is 15.1. The first-order valence-corrected chi connectivity index (χ1v) is 9.40. The number of aromatic nitrogens is 3. The topological polar surface area (TPSA) is 55.1 Å². The number of pyridine rings is 1. The van der Waals surface area contributed by atoms with Gasteiger partial charge in [0.05, 0.1) is 11.7 Å². The first-order valence-electron chi connectivity index (χ1n) is 9.40. The van der Waals surface area contributed by atoms with E-state index in [1.54, 1.807) is 0 Å². The Morgan fingerprint density at radius 3 is 2.96 bits per heavy atom.